The van der Waals surface area contributed by atoms with Crippen LogP contribution in [0, 0.1) is 11.6 Å². The molecule has 0 fully saturated rings. The number of halogens is 4. The second kappa shape index (κ2) is 6.27. The van der Waals surface area contributed by atoms with Gasteiger partial charge in [-0.1, -0.05) is 29.3 Å². The minimum Gasteiger partial charge on any atom is -0.207 e. The third kappa shape index (κ3) is 3.91. The smallest absolute Gasteiger partial charge is 0.207 e. The molecule has 8 heteroatoms. The second-order valence-electron chi connectivity index (χ2n) is 4.15. The van der Waals surface area contributed by atoms with Crippen LogP contribution < -0.4 is 4.72 Å². The Hall–Kier alpha value is -1.21. The molecular weight excluding hydrogens is 343 g/mol. The molecule has 0 heterocycles. The van der Waals surface area contributed by atoms with Gasteiger partial charge in [0.25, 0.3) is 0 Å². The topological polar surface area (TPSA) is 46.2 Å². The molecule has 0 aliphatic heterocycles. The standard InChI is InChI=1S/C13H9Cl2F2NO2S/c14-9-4-8(5-10(15)6-9)7-18-21(19,20)13-11(16)2-1-3-12(13)17/h1-6,18H,7H2. The highest BCUT2D eigenvalue weighted by Crippen LogP contribution is 2.21. The van der Waals surface area contributed by atoms with Gasteiger partial charge >= 0.3 is 0 Å². The molecule has 2 rings (SSSR count). The molecule has 0 aliphatic carbocycles. The summed E-state index contributed by atoms with van der Waals surface area (Å²) < 4.78 is 53.0. The molecule has 1 N–H and O–H groups in total. The summed E-state index contributed by atoms with van der Waals surface area (Å²) in [5.74, 6) is -2.32. The molecule has 3 nitrogen and oxygen atoms in total. The van der Waals surface area contributed by atoms with Crippen molar-refractivity contribution in [3.8, 4) is 0 Å². The van der Waals surface area contributed by atoms with Crippen LogP contribution in [-0.4, -0.2) is 8.42 Å². The highest BCUT2D eigenvalue weighted by molar-refractivity contribution is 7.89. The van der Waals surface area contributed by atoms with E-state index in [0.29, 0.717) is 15.6 Å². The van der Waals surface area contributed by atoms with Crippen LogP contribution >= 0.6 is 23.2 Å². The van der Waals surface area contributed by atoms with Crippen LogP contribution in [0.5, 0.6) is 0 Å². The fourth-order valence-electron chi connectivity index (χ4n) is 1.70. The van der Waals surface area contributed by atoms with Crippen LogP contribution in [0.25, 0.3) is 0 Å². The molecule has 0 bridgehead atoms. The number of hydrogen-bond donors (Lipinski definition) is 1. The molecule has 0 atom stereocenters. The molecule has 0 saturated heterocycles. The highest BCUT2D eigenvalue weighted by atomic mass is 35.5. The van der Waals surface area contributed by atoms with Crippen LogP contribution in [0.4, 0.5) is 8.78 Å². The summed E-state index contributed by atoms with van der Waals surface area (Å²) in [4.78, 5) is -1.02. The Labute approximate surface area is 130 Å². The van der Waals surface area contributed by atoms with Gasteiger partial charge in [-0.05, 0) is 35.9 Å². The van der Waals surface area contributed by atoms with Gasteiger partial charge in [-0.2, -0.15) is 0 Å². The first-order valence-corrected chi connectivity index (χ1v) is 7.92. The zero-order valence-electron chi connectivity index (χ0n) is 10.4. The van der Waals surface area contributed by atoms with Crippen LogP contribution in [0.1, 0.15) is 5.56 Å². The number of rotatable bonds is 4. The maximum Gasteiger partial charge on any atom is 0.246 e. The van der Waals surface area contributed by atoms with Crippen molar-refractivity contribution in [3.63, 3.8) is 0 Å². The molecular formula is C13H9Cl2F2NO2S. The van der Waals surface area contributed by atoms with Crippen LogP contribution in [0.2, 0.25) is 10.0 Å². The normalized spacial score (nSPS) is 11.6. The van der Waals surface area contributed by atoms with Gasteiger partial charge in [-0.15, -0.1) is 0 Å². The Morgan fingerprint density at radius 3 is 2.05 bits per heavy atom. The van der Waals surface area contributed by atoms with E-state index in [1.807, 2.05) is 0 Å². The van der Waals surface area contributed by atoms with Crippen molar-refractivity contribution < 1.29 is 17.2 Å². The van der Waals surface area contributed by atoms with Crippen molar-refractivity contribution in [2.24, 2.45) is 0 Å². The van der Waals surface area contributed by atoms with E-state index in [0.717, 1.165) is 18.2 Å². The molecule has 2 aromatic carbocycles. The lowest BCUT2D eigenvalue weighted by Gasteiger charge is -2.09. The average molecular weight is 352 g/mol. The average Bonchev–Trinajstić information content (AvgIpc) is 2.35. The number of nitrogens with one attached hydrogen (secondary N) is 1. The van der Waals surface area contributed by atoms with Gasteiger partial charge < -0.3 is 0 Å². The highest BCUT2D eigenvalue weighted by Gasteiger charge is 2.23. The van der Waals surface area contributed by atoms with E-state index < -0.39 is 26.6 Å². The van der Waals surface area contributed by atoms with Gasteiger partial charge in [0.2, 0.25) is 10.0 Å². The Kier molecular flexibility index (Phi) is 4.83. The fourth-order valence-corrected chi connectivity index (χ4v) is 3.42. The van der Waals surface area contributed by atoms with Gasteiger partial charge in [-0.25, -0.2) is 21.9 Å². The van der Waals surface area contributed by atoms with Crippen LogP contribution in [-0.2, 0) is 16.6 Å². The second-order valence-corrected chi connectivity index (χ2v) is 6.73. The van der Waals surface area contributed by atoms with Gasteiger partial charge in [0, 0.05) is 16.6 Å². The molecule has 0 saturated carbocycles. The first-order valence-electron chi connectivity index (χ1n) is 5.68. The molecule has 0 amide bonds. The SMILES string of the molecule is O=S(=O)(NCc1cc(Cl)cc(Cl)c1)c1c(F)cccc1F. The molecule has 0 aliphatic rings. The summed E-state index contributed by atoms with van der Waals surface area (Å²) in [6.45, 7) is -0.198. The lowest BCUT2D eigenvalue weighted by atomic mass is 10.2. The summed E-state index contributed by atoms with van der Waals surface area (Å²) in [5, 5.41) is 0.655. The van der Waals surface area contributed by atoms with E-state index in [1.54, 1.807) is 0 Å². The number of sulfonamides is 1. The fraction of sp³-hybridized carbons (Fsp3) is 0.0769. The molecule has 2 aromatic rings. The summed E-state index contributed by atoms with van der Waals surface area (Å²) in [6, 6.07) is 7.29. The van der Waals surface area contributed by atoms with Crippen LogP contribution in [0.3, 0.4) is 0 Å². The predicted molar refractivity (Wildman–Crippen MR) is 76.8 cm³/mol. The molecule has 0 spiro atoms. The van der Waals surface area contributed by atoms with Crippen molar-refractivity contribution in [1.29, 1.82) is 0 Å². The first kappa shape index (κ1) is 16.2. The quantitative estimate of drug-likeness (QED) is 0.911. The van der Waals surface area contributed by atoms with Crippen molar-refractivity contribution >= 4 is 33.2 Å². The Bertz CT molecular complexity index is 741. The molecule has 0 unspecified atom stereocenters. The lowest BCUT2D eigenvalue weighted by molar-refractivity contribution is 0.514. The van der Waals surface area contributed by atoms with Crippen molar-refractivity contribution in [2.75, 3.05) is 0 Å². The van der Waals surface area contributed by atoms with Crippen molar-refractivity contribution in [3.05, 3.63) is 63.6 Å². The zero-order valence-corrected chi connectivity index (χ0v) is 12.7. The van der Waals surface area contributed by atoms with Crippen molar-refractivity contribution in [2.45, 2.75) is 11.4 Å². The predicted octanol–water partition coefficient (Wildman–Crippen LogP) is 3.75. The summed E-state index contributed by atoms with van der Waals surface area (Å²) >= 11 is 11.6. The maximum absolute atomic E-state index is 13.5. The Morgan fingerprint density at radius 2 is 1.52 bits per heavy atom. The number of benzene rings is 2. The minimum absolute atomic E-state index is 0.198. The molecule has 0 aromatic heterocycles. The zero-order chi connectivity index (χ0) is 15.6. The molecule has 112 valence electrons. The lowest BCUT2D eigenvalue weighted by Crippen LogP contribution is -2.25. The largest absolute Gasteiger partial charge is 0.246 e. The number of hydrogen-bond acceptors (Lipinski definition) is 2. The van der Waals surface area contributed by atoms with Gasteiger partial charge in [-0.3, -0.25) is 0 Å². The van der Waals surface area contributed by atoms with E-state index in [2.05, 4.69) is 4.72 Å². The Morgan fingerprint density at radius 1 is 1.00 bits per heavy atom. The Balaban J connectivity index is 2.26. The first-order chi connectivity index (χ1) is 9.79. The summed E-state index contributed by atoms with van der Waals surface area (Å²) in [6.07, 6.45) is 0. The molecule has 21 heavy (non-hydrogen) atoms. The van der Waals surface area contributed by atoms with Gasteiger partial charge in [0.15, 0.2) is 4.90 Å². The minimum atomic E-state index is -4.33. The summed E-state index contributed by atoms with van der Waals surface area (Å²) in [7, 11) is -4.33. The van der Waals surface area contributed by atoms with Gasteiger partial charge in [0.1, 0.15) is 11.6 Å². The monoisotopic (exact) mass is 351 g/mol. The van der Waals surface area contributed by atoms with E-state index in [9.17, 15) is 17.2 Å². The maximum atomic E-state index is 13.5. The van der Waals surface area contributed by atoms with Crippen LogP contribution in [0.15, 0.2) is 41.3 Å². The van der Waals surface area contributed by atoms with E-state index in [-0.39, 0.29) is 6.54 Å². The van der Waals surface area contributed by atoms with E-state index in [4.69, 9.17) is 23.2 Å². The van der Waals surface area contributed by atoms with Crippen molar-refractivity contribution in [1.82, 2.24) is 4.72 Å². The van der Waals surface area contributed by atoms with E-state index in [1.165, 1.54) is 18.2 Å². The van der Waals surface area contributed by atoms with E-state index >= 15 is 0 Å². The third-order valence-corrected chi connectivity index (χ3v) is 4.46. The van der Waals surface area contributed by atoms with Gasteiger partial charge in [0.05, 0.1) is 0 Å². The summed E-state index contributed by atoms with van der Waals surface area (Å²) in [5.41, 5.74) is 0.466. The molecule has 0 radical (unpaired) electrons. The third-order valence-electron chi connectivity index (χ3n) is 2.58.